The van der Waals surface area contributed by atoms with Crippen molar-refractivity contribution in [3.8, 4) is 11.5 Å². The van der Waals surface area contributed by atoms with Gasteiger partial charge in [0, 0.05) is 19.6 Å². The number of benzene rings is 1. The molecule has 138 valence electrons. The van der Waals surface area contributed by atoms with Gasteiger partial charge < -0.3 is 14.9 Å². The van der Waals surface area contributed by atoms with E-state index in [2.05, 4.69) is 9.88 Å². The number of hydrogen-bond acceptors (Lipinski definition) is 5. The molecule has 0 radical (unpaired) electrons. The first kappa shape index (κ1) is 17.2. The predicted molar refractivity (Wildman–Crippen MR) is 94.3 cm³/mol. The molecule has 0 amide bonds. The van der Waals surface area contributed by atoms with Crippen molar-refractivity contribution < 1.29 is 19.3 Å². The molecule has 2 fully saturated rings. The molecule has 2 heterocycles. The van der Waals surface area contributed by atoms with Crippen molar-refractivity contribution in [2.75, 3.05) is 19.6 Å². The number of halogens is 1. The monoisotopic (exact) mass is 358 g/mol. The van der Waals surface area contributed by atoms with E-state index in [1.54, 1.807) is 0 Å². The number of aliphatic hydroxyl groups excluding tert-OH is 1. The van der Waals surface area contributed by atoms with Crippen LogP contribution >= 0.6 is 0 Å². The maximum absolute atomic E-state index is 13.4. The van der Waals surface area contributed by atoms with Crippen LogP contribution in [-0.2, 0) is 0 Å². The number of fused-ring (bicyclic) bond motifs is 1. The lowest BCUT2D eigenvalue weighted by Gasteiger charge is -2.22. The maximum Gasteiger partial charge on any atom is 0.255 e. The highest BCUT2D eigenvalue weighted by atomic mass is 19.1. The highest BCUT2D eigenvalue weighted by molar-refractivity contribution is 5.22. The zero-order valence-electron chi connectivity index (χ0n) is 14.5. The number of para-hydroxylation sites is 1. The maximum atomic E-state index is 13.4. The van der Waals surface area contributed by atoms with E-state index in [0.717, 1.165) is 31.7 Å². The van der Waals surface area contributed by atoms with Crippen LogP contribution < -0.4 is 4.74 Å². The summed E-state index contributed by atoms with van der Waals surface area (Å²) in [4.78, 5) is 5.85. The highest BCUT2D eigenvalue weighted by Crippen LogP contribution is 2.40. The van der Waals surface area contributed by atoms with Crippen LogP contribution in [0.2, 0.25) is 0 Å². The largest absolute Gasteiger partial charge is 0.504 e. The van der Waals surface area contributed by atoms with Gasteiger partial charge in [-0.25, -0.2) is 4.98 Å². The Morgan fingerprint density at radius 2 is 1.81 bits per heavy atom. The second-order valence-electron chi connectivity index (χ2n) is 7.32. The summed E-state index contributed by atoms with van der Waals surface area (Å²) in [7, 11) is 0. The number of likely N-dealkylation sites (tertiary alicyclic amines) is 1. The van der Waals surface area contributed by atoms with Crippen molar-refractivity contribution in [3.63, 3.8) is 0 Å². The molecular weight excluding hydrogens is 335 g/mol. The van der Waals surface area contributed by atoms with E-state index in [0.29, 0.717) is 18.4 Å². The number of nitrogens with zero attached hydrogens (tertiary/aromatic N) is 2. The Morgan fingerprint density at radius 1 is 1.12 bits per heavy atom. The number of aromatic hydroxyl groups is 1. The summed E-state index contributed by atoms with van der Waals surface area (Å²) in [6, 6.07) is 12.6. The fraction of sp³-hybridized carbons (Fsp3) is 0.450. The Morgan fingerprint density at radius 3 is 2.46 bits per heavy atom. The number of hydrogen-bond donors (Lipinski definition) is 2. The van der Waals surface area contributed by atoms with E-state index < -0.39 is 17.8 Å². The van der Waals surface area contributed by atoms with Gasteiger partial charge in [0.25, 0.3) is 5.95 Å². The summed E-state index contributed by atoms with van der Waals surface area (Å²) >= 11 is 0. The predicted octanol–water partition coefficient (Wildman–Crippen LogP) is 2.75. The molecule has 1 saturated carbocycles. The van der Waals surface area contributed by atoms with Crippen LogP contribution in [0.5, 0.6) is 11.5 Å². The first-order chi connectivity index (χ1) is 12.6. The SMILES string of the molecule is Oc1ccc([C@H](O)CN2C[C@H]3CC(Oc4ccccc4)C[C@H]3C2)nc1F. The fourth-order valence-electron chi connectivity index (χ4n) is 4.24. The molecule has 0 spiro atoms. The molecule has 1 saturated heterocycles. The van der Waals surface area contributed by atoms with Crippen LogP contribution in [0, 0.1) is 17.8 Å². The molecule has 1 unspecified atom stereocenters. The molecule has 2 N–H and O–H groups in total. The molecule has 1 aromatic heterocycles. The molecular formula is C20H23FN2O3. The number of β-amino-alcohol motifs (C(OH)–C–C–N with tert-alkyl or cyclic N) is 1. The summed E-state index contributed by atoms with van der Waals surface area (Å²) in [5, 5.41) is 19.5. The topological polar surface area (TPSA) is 65.8 Å². The summed E-state index contributed by atoms with van der Waals surface area (Å²) in [5.74, 6) is 0.618. The molecule has 26 heavy (non-hydrogen) atoms. The fourth-order valence-corrected chi connectivity index (χ4v) is 4.24. The summed E-state index contributed by atoms with van der Waals surface area (Å²) in [6.07, 6.45) is 1.45. The normalized spacial score (nSPS) is 26.6. The van der Waals surface area contributed by atoms with E-state index >= 15 is 0 Å². The summed E-state index contributed by atoms with van der Waals surface area (Å²) < 4.78 is 19.4. The molecule has 4 rings (SSSR count). The lowest BCUT2D eigenvalue weighted by atomic mass is 10.0. The van der Waals surface area contributed by atoms with Crippen LogP contribution in [0.3, 0.4) is 0 Å². The van der Waals surface area contributed by atoms with E-state index in [1.807, 2.05) is 30.3 Å². The third-order valence-electron chi connectivity index (χ3n) is 5.45. The molecule has 2 aliphatic rings. The number of rotatable bonds is 5. The number of ether oxygens (including phenoxy) is 1. The zero-order valence-corrected chi connectivity index (χ0v) is 14.5. The number of aliphatic hydroxyl groups is 1. The van der Waals surface area contributed by atoms with Crippen molar-refractivity contribution in [1.82, 2.24) is 9.88 Å². The van der Waals surface area contributed by atoms with E-state index in [9.17, 15) is 14.6 Å². The minimum Gasteiger partial charge on any atom is -0.504 e. The molecule has 4 atom stereocenters. The van der Waals surface area contributed by atoms with Crippen molar-refractivity contribution >= 4 is 0 Å². The third-order valence-corrected chi connectivity index (χ3v) is 5.45. The van der Waals surface area contributed by atoms with Gasteiger partial charge in [0.2, 0.25) is 0 Å². The Hall–Kier alpha value is -2.18. The van der Waals surface area contributed by atoms with Gasteiger partial charge in [0.1, 0.15) is 11.9 Å². The van der Waals surface area contributed by atoms with Crippen molar-refractivity contribution in [2.24, 2.45) is 11.8 Å². The minimum atomic E-state index is -0.944. The minimum absolute atomic E-state index is 0.252. The van der Waals surface area contributed by atoms with Crippen LogP contribution in [0.1, 0.15) is 24.6 Å². The van der Waals surface area contributed by atoms with Gasteiger partial charge in [0.05, 0.1) is 11.8 Å². The van der Waals surface area contributed by atoms with Gasteiger partial charge in [-0.05, 0) is 48.9 Å². The van der Waals surface area contributed by atoms with Crippen LogP contribution in [0.15, 0.2) is 42.5 Å². The van der Waals surface area contributed by atoms with Crippen molar-refractivity contribution in [2.45, 2.75) is 25.0 Å². The van der Waals surface area contributed by atoms with E-state index in [1.165, 1.54) is 12.1 Å². The average molecular weight is 358 g/mol. The second kappa shape index (κ2) is 7.21. The Kier molecular flexibility index (Phi) is 4.78. The van der Waals surface area contributed by atoms with Crippen LogP contribution in [0.4, 0.5) is 4.39 Å². The van der Waals surface area contributed by atoms with Crippen LogP contribution in [0.25, 0.3) is 0 Å². The highest BCUT2D eigenvalue weighted by Gasteiger charge is 2.42. The molecule has 0 bridgehead atoms. The van der Waals surface area contributed by atoms with Gasteiger partial charge in [-0.1, -0.05) is 18.2 Å². The molecule has 6 heteroatoms. The number of pyridine rings is 1. The lowest BCUT2D eigenvalue weighted by molar-refractivity contribution is 0.112. The molecule has 5 nitrogen and oxygen atoms in total. The van der Waals surface area contributed by atoms with Gasteiger partial charge in [-0.3, -0.25) is 4.90 Å². The third kappa shape index (κ3) is 3.66. The van der Waals surface area contributed by atoms with Gasteiger partial charge in [0.15, 0.2) is 5.75 Å². The zero-order chi connectivity index (χ0) is 18.1. The van der Waals surface area contributed by atoms with Gasteiger partial charge >= 0.3 is 0 Å². The second-order valence-corrected chi connectivity index (χ2v) is 7.32. The molecule has 1 aliphatic carbocycles. The molecule has 2 aromatic rings. The Bertz CT molecular complexity index is 744. The smallest absolute Gasteiger partial charge is 0.255 e. The van der Waals surface area contributed by atoms with Crippen molar-refractivity contribution in [3.05, 3.63) is 54.1 Å². The standard InChI is InChI=1S/C20H23FN2O3/c21-20-18(24)7-6-17(22-20)19(25)12-23-10-13-8-16(9-14(13)11-23)26-15-4-2-1-3-5-15/h1-7,13-14,16,19,24-25H,8-12H2/t13-,14+,16?,19-/m1/s1. The lowest BCUT2D eigenvalue weighted by Crippen LogP contribution is -2.29. The molecule has 1 aromatic carbocycles. The van der Waals surface area contributed by atoms with E-state index in [4.69, 9.17) is 4.74 Å². The van der Waals surface area contributed by atoms with Gasteiger partial charge in [-0.2, -0.15) is 4.39 Å². The quantitative estimate of drug-likeness (QED) is 0.805. The first-order valence-corrected chi connectivity index (χ1v) is 9.06. The molecule has 1 aliphatic heterocycles. The van der Waals surface area contributed by atoms with Crippen LogP contribution in [-0.4, -0.2) is 45.8 Å². The summed E-state index contributed by atoms with van der Waals surface area (Å²) in [5.41, 5.74) is 0.252. The Labute approximate surface area is 152 Å². The number of aromatic nitrogens is 1. The average Bonchev–Trinajstić information content (AvgIpc) is 3.16. The first-order valence-electron chi connectivity index (χ1n) is 9.06. The van der Waals surface area contributed by atoms with Crippen molar-refractivity contribution in [1.29, 1.82) is 0 Å². The Balaban J connectivity index is 1.29. The van der Waals surface area contributed by atoms with Gasteiger partial charge in [-0.15, -0.1) is 0 Å². The summed E-state index contributed by atoms with van der Waals surface area (Å²) in [6.45, 7) is 2.25. The van der Waals surface area contributed by atoms with E-state index in [-0.39, 0.29) is 11.8 Å².